The van der Waals surface area contributed by atoms with Gasteiger partial charge >= 0.3 is 5.97 Å². The van der Waals surface area contributed by atoms with Crippen molar-refractivity contribution < 1.29 is 54.4 Å². The van der Waals surface area contributed by atoms with Crippen LogP contribution in [0, 0.1) is 0 Å². The normalized spacial score (nSPS) is 16.6. The lowest BCUT2D eigenvalue weighted by molar-refractivity contribution is -0.0189. The standard InChI is InChI=1S/C24H22O11/c1-32-18-5-10(3-15(27)21(18)29)23-20(9-13-14(26)7-12(25)8-17(13)34-23)35-24(31)11-4-16(28)22(30)19(6-11)33-2/h3-8,20,23,25-30H,9H2,1-2H3/t20-,23-/m1/s1. The molecule has 0 saturated carbocycles. The van der Waals surface area contributed by atoms with Gasteiger partial charge in [-0.05, 0) is 24.3 Å². The van der Waals surface area contributed by atoms with Crippen LogP contribution in [0.5, 0.6) is 51.7 Å². The number of hydrogen-bond acceptors (Lipinski definition) is 11. The largest absolute Gasteiger partial charge is 0.508 e. The predicted octanol–water partition coefficient (Wildman–Crippen LogP) is 2.84. The van der Waals surface area contributed by atoms with E-state index in [1.807, 2.05) is 0 Å². The molecule has 3 aromatic carbocycles. The molecule has 0 bridgehead atoms. The predicted molar refractivity (Wildman–Crippen MR) is 119 cm³/mol. The van der Waals surface area contributed by atoms with Crippen LogP contribution in [0.15, 0.2) is 36.4 Å². The summed E-state index contributed by atoms with van der Waals surface area (Å²) in [5.74, 6) is -3.69. The highest BCUT2D eigenvalue weighted by molar-refractivity contribution is 5.91. The molecule has 2 atom stereocenters. The summed E-state index contributed by atoms with van der Waals surface area (Å²) in [5.41, 5.74) is 0.385. The molecule has 11 heteroatoms. The van der Waals surface area contributed by atoms with Crippen molar-refractivity contribution in [2.75, 3.05) is 14.2 Å². The maximum Gasteiger partial charge on any atom is 0.338 e. The Hall–Kier alpha value is -4.67. The molecule has 0 saturated heterocycles. The number of carbonyl (C=O) groups excluding carboxylic acids is 1. The van der Waals surface area contributed by atoms with Crippen molar-refractivity contribution in [2.45, 2.75) is 18.6 Å². The number of methoxy groups -OCH3 is 2. The van der Waals surface area contributed by atoms with Gasteiger partial charge in [0.1, 0.15) is 23.4 Å². The van der Waals surface area contributed by atoms with Crippen LogP contribution >= 0.6 is 0 Å². The lowest BCUT2D eigenvalue weighted by Crippen LogP contribution is -2.34. The van der Waals surface area contributed by atoms with Gasteiger partial charge in [0.05, 0.1) is 19.8 Å². The second-order valence-electron chi connectivity index (χ2n) is 7.77. The zero-order chi connectivity index (χ0) is 25.4. The fraction of sp³-hybridized carbons (Fsp3) is 0.208. The molecule has 0 radical (unpaired) electrons. The summed E-state index contributed by atoms with van der Waals surface area (Å²) in [4.78, 5) is 13.0. The van der Waals surface area contributed by atoms with Gasteiger partial charge in [-0.3, -0.25) is 0 Å². The van der Waals surface area contributed by atoms with Crippen molar-refractivity contribution in [3.8, 4) is 51.7 Å². The molecule has 0 aliphatic carbocycles. The van der Waals surface area contributed by atoms with E-state index in [2.05, 4.69) is 0 Å². The molecule has 0 fully saturated rings. The maximum absolute atomic E-state index is 13.0. The Morgan fingerprint density at radius 3 is 2.11 bits per heavy atom. The number of hydrogen-bond donors (Lipinski definition) is 6. The Labute approximate surface area is 198 Å². The van der Waals surface area contributed by atoms with Crippen LogP contribution in [0.4, 0.5) is 0 Å². The van der Waals surface area contributed by atoms with E-state index in [1.54, 1.807) is 0 Å². The first-order chi connectivity index (χ1) is 16.6. The van der Waals surface area contributed by atoms with E-state index < -0.39 is 41.2 Å². The molecule has 11 nitrogen and oxygen atoms in total. The van der Waals surface area contributed by atoms with E-state index in [-0.39, 0.29) is 51.9 Å². The SMILES string of the molecule is COc1cc(C(=O)O[C@@H]2Cc3c(O)cc(O)cc3O[C@@H]2c2cc(O)c(O)c(OC)c2)cc(O)c1O. The third kappa shape index (κ3) is 4.31. The number of phenolic OH excluding ortho intramolecular Hbond substituents is 6. The van der Waals surface area contributed by atoms with Crippen LogP contribution in [-0.4, -0.2) is 56.9 Å². The fourth-order valence-corrected chi connectivity index (χ4v) is 3.84. The van der Waals surface area contributed by atoms with Crippen LogP contribution < -0.4 is 14.2 Å². The van der Waals surface area contributed by atoms with Crippen molar-refractivity contribution >= 4 is 5.97 Å². The van der Waals surface area contributed by atoms with Crippen LogP contribution in [0.2, 0.25) is 0 Å². The minimum absolute atomic E-state index is 0.0526. The summed E-state index contributed by atoms with van der Waals surface area (Å²) < 4.78 is 21.6. The zero-order valence-corrected chi connectivity index (χ0v) is 18.6. The van der Waals surface area contributed by atoms with Crippen molar-refractivity contribution in [2.24, 2.45) is 0 Å². The Bertz CT molecular complexity index is 1300. The Morgan fingerprint density at radius 2 is 1.46 bits per heavy atom. The first-order valence-electron chi connectivity index (χ1n) is 10.2. The van der Waals surface area contributed by atoms with Gasteiger partial charge in [-0.2, -0.15) is 0 Å². The Balaban J connectivity index is 1.76. The second kappa shape index (κ2) is 8.93. The van der Waals surface area contributed by atoms with Gasteiger partial charge < -0.3 is 49.6 Å². The number of benzene rings is 3. The number of rotatable bonds is 5. The van der Waals surface area contributed by atoms with Gasteiger partial charge in [-0.1, -0.05) is 0 Å². The summed E-state index contributed by atoms with van der Waals surface area (Å²) in [5, 5.41) is 60.1. The highest BCUT2D eigenvalue weighted by Crippen LogP contribution is 2.46. The van der Waals surface area contributed by atoms with Crippen LogP contribution in [0.1, 0.15) is 27.6 Å². The molecule has 0 aromatic heterocycles. The summed E-state index contributed by atoms with van der Waals surface area (Å²) in [6.45, 7) is 0. The number of carbonyl (C=O) groups is 1. The molecule has 0 amide bonds. The molecule has 1 aliphatic rings. The Morgan fingerprint density at radius 1 is 0.829 bits per heavy atom. The lowest BCUT2D eigenvalue weighted by Gasteiger charge is -2.34. The second-order valence-corrected chi connectivity index (χ2v) is 7.77. The third-order valence-electron chi connectivity index (χ3n) is 5.56. The van der Waals surface area contributed by atoms with Gasteiger partial charge in [0.2, 0.25) is 11.5 Å². The molecule has 3 aromatic rings. The molecule has 35 heavy (non-hydrogen) atoms. The van der Waals surface area contributed by atoms with Crippen LogP contribution in [0.25, 0.3) is 0 Å². The van der Waals surface area contributed by atoms with E-state index in [9.17, 15) is 35.4 Å². The smallest absolute Gasteiger partial charge is 0.338 e. The third-order valence-corrected chi connectivity index (χ3v) is 5.56. The number of phenols is 6. The van der Waals surface area contributed by atoms with Crippen molar-refractivity contribution in [3.05, 3.63) is 53.1 Å². The average molecular weight is 486 g/mol. The van der Waals surface area contributed by atoms with E-state index in [0.717, 1.165) is 12.1 Å². The van der Waals surface area contributed by atoms with E-state index in [1.165, 1.54) is 38.5 Å². The number of ether oxygens (including phenoxy) is 4. The quantitative estimate of drug-likeness (QED) is 0.231. The highest BCUT2D eigenvalue weighted by Gasteiger charge is 2.37. The van der Waals surface area contributed by atoms with Crippen molar-refractivity contribution in [1.82, 2.24) is 0 Å². The molecular weight excluding hydrogens is 464 g/mol. The molecule has 6 N–H and O–H groups in total. The highest BCUT2D eigenvalue weighted by atomic mass is 16.6. The molecule has 0 unspecified atom stereocenters. The van der Waals surface area contributed by atoms with Gasteiger partial charge in [-0.25, -0.2) is 4.79 Å². The average Bonchev–Trinajstić information content (AvgIpc) is 2.82. The minimum Gasteiger partial charge on any atom is -0.508 e. The topological polar surface area (TPSA) is 175 Å². The zero-order valence-electron chi connectivity index (χ0n) is 18.6. The molecule has 0 spiro atoms. The lowest BCUT2D eigenvalue weighted by atomic mass is 9.93. The Kier molecular flexibility index (Phi) is 6.00. The monoisotopic (exact) mass is 486 g/mol. The molecule has 1 heterocycles. The van der Waals surface area contributed by atoms with E-state index in [4.69, 9.17) is 18.9 Å². The van der Waals surface area contributed by atoms with Gasteiger partial charge in [0.25, 0.3) is 0 Å². The van der Waals surface area contributed by atoms with Gasteiger partial charge in [0.15, 0.2) is 29.1 Å². The fourth-order valence-electron chi connectivity index (χ4n) is 3.84. The maximum atomic E-state index is 13.0. The first-order valence-corrected chi connectivity index (χ1v) is 10.2. The van der Waals surface area contributed by atoms with Gasteiger partial charge in [0, 0.05) is 29.7 Å². The summed E-state index contributed by atoms with van der Waals surface area (Å²) in [6.07, 6.45) is -2.20. The summed E-state index contributed by atoms with van der Waals surface area (Å²) >= 11 is 0. The molecule has 184 valence electrons. The summed E-state index contributed by atoms with van der Waals surface area (Å²) in [6, 6.07) is 7.14. The number of esters is 1. The molecule has 4 rings (SSSR count). The van der Waals surface area contributed by atoms with Gasteiger partial charge in [-0.15, -0.1) is 0 Å². The first kappa shape index (κ1) is 23.5. The van der Waals surface area contributed by atoms with Crippen molar-refractivity contribution in [1.29, 1.82) is 0 Å². The van der Waals surface area contributed by atoms with Crippen LogP contribution in [0.3, 0.4) is 0 Å². The molecular formula is C24H22O11. The van der Waals surface area contributed by atoms with E-state index >= 15 is 0 Å². The van der Waals surface area contributed by atoms with Crippen molar-refractivity contribution in [3.63, 3.8) is 0 Å². The summed E-state index contributed by atoms with van der Waals surface area (Å²) in [7, 11) is 2.53. The minimum atomic E-state index is -1.08. The number of aromatic hydroxyl groups is 6. The molecule has 1 aliphatic heterocycles. The van der Waals surface area contributed by atoms with E-state index in [0.29, 0.717) is 0 Å². The van der Waals surface area contributed by atoms with Crippen LogP contribution in [-0.2, 0) is 11.2 Å². The number of fused-ring (bicyclic) bond motifs is 1.